The smallest absolute Gasteiger partial charge is 0.328 e. The number of thiazole rings is 1. The van der Waals surface area contributed by atoms with Gasteiger partial charge in [-0.25, -0.2) is 9.78 Å². The summed E-state index contributed by atoms with van der Waals surface area (Å²) in [6, 6.07) is 6.76. The highest BCUT2D eigenvalue weighted by Gasteiger charge is 2.33. The third-order valence-electron chi connectivity index (χ3n) is 4.76. The molecule has 1 saturated heterocycles. The van der Waals surface area contributed by atoms with E-state index in [1.807, 2.05) is 30.9 Å². The standard InChI is InChI=1S/C20H24ClN3O3S/c1-4-27-20(26)17(15-5-7-16(21)8-6-15)23-9-11-24(12-10-23)19(25)18-13(2)22-14(3)28-18/h5-8,17H,4,9-12H2,1-3H3. The normalized spacial score (nSPS) is 16.1. The van der Waals surface area contributed by atoms with Gasteiger partial charge in [-0.2, -0.15) is 0 Å². The van der Waals surface area contributed by atoms with E-state index in [2.05, 4.69) is 9.88 Å². The summed E-state index contributed by atoms with van der Waals surface area (Å²) in [6.45, 7) is 8.19. The molecule has 0 radical (unpaired) electrons. The minimum absolute atomic E-state index is 0.0157. The van der Waals surface area contributed by atoms with E-state index in [0.717, 1.165) is 16.3 Å². The van der Waals surface area contributed by atoms with Crippen molar-refractivity contribution in [1.29, 1.82) is 0 Å². The van der Waals surface area contributed by atoms with Crippen molar-refractivity contribution in [2.75, 3.05) is 32.8 Å². The van der Waals surface area contributed by atoms with Gasteiger partial charge >= 0.3 is 5.97 Å². The van der Waals surface area contributed by atoms with Crippen LogP contribution >= 0.6 is 22.9 Å². The molecule has 2 aromatic rings. The molecule has 1 unspecified atom stereocenters. The van der Waals surface area contributed by atoms with Crippen LogP contribution in [0.2, 0.25) is 5.02 Å². The Balaban J connectivity index is 1.72. The molecule has 2 heterocycles. The zero-order valence-corrected chi connectivity index (χ0v) is 17.8. The summed E-state index contributed by atoms with van der Waals surface area (Å²) in [4.78, 5) is 34.4. The van der Waals surface area contributed by atoms with Crippen LogP contribution in [-0.4, -0.2) is 59.4 Å². The van der Waals surface area contributed by atoms with E-state index in [4.69, 9.17) is 16.3 Å². The van der Waals surface area contributed by atoms with Crippen molar-refractivity contribution in [1.82, 2.24) is 14.8 Å². The lowest BCUT2D eigenvalue weighted by Gasteiger charge is -2.38. The molecular weight excluding hydrogens is 398 g/mol. The number of ether oxygens (including phenoxy) is 1. The molecule has 0 bridgehead atoms. The minimum Gasteiger partial charge on any atom is -0.465 e. The summed E-state index contributed by atoms with van der Waals surface area (Å²) >= 11 is 7.42. The first kappa shape index (κ1) is 20.8. The van der Waals surface area contributed by atoms with Crippen LogP contribution in [-0.2, 0) is 9.53 Å². The molecule has 3 rings (SSSR count). The summed E-state index contributed by atoms with van der Waals surface area (Å²) < 4.78 is 5.30. The first-order valence-electron chi connectivity index (χ1n) is 9.30. The number of amides is 1. The van der Waals surface area contributed by atoms with Gasteiger partial charge in [-0.1, -0.05) is 23.7 Å². The van der Waals surface area contributed by atoms with Crippen molar-refractivity contribution >= 4 is 34.8 Å². The molecule has 1 aromatic heterocycles. The van der Waals surface area contributed by atoms with E-state index >= 15 is 0 Å². The monoisotopic (exact) mass is 421 g/mol. The van der Waals surface area contributed by atoms with Gasteiger partial charge in [-0.15, -0.1) is 11.3 Å². The van der Waals surface area contributed by atoms with Gasteiger partial charge < -0.3 is 9.64 Å². The number of esters is 1. The molecule has 1 aromatic carbocycles. The molecule has 6 nitrogen and oxygen atoms in total. The first-order valence-corrected chi connectivity index (χ1v) is 10.5. The number of benzene rings is 1. The van der Waals surface area contributed by atoms with Gasteiger partial charge in [0, 0.05) is 31.2 Å². The number of rotatable bonds is 5. The molecule has 1 aliphatic rings. The highest BCUT2D eigenvalue weighted by molar-refractivity contribution is 7.13. The maximum Gasteiger partial charge on any atom is 0.328 e. The van der Waals surface area contributed by atoms with Crippen LogP contribution in [0.15, 0.2) is 24.3 Å². The molecule has 1 amide bonds. The lowest BCUT2D eigenvalue weighted by molar-refractivity contribution is -0.150. The minimum atomic E-state index is -0.498. The number of halogens is 1. The zero-order valence-electron chi connectivity index (χ0n) is 16.3. The zero-order chi connectivity index (χ0) is 20.3. The van der Waals surface area contributed by atoms with E-state index < -0.39 is 6.04 Å². The molecule has 1 fully saturated rings. The first-order chi connectivity index (χ1) is 13.4. The van der Waals surface area contributed by atoms with E-state index in [1.165, 1.54) is 11.3 Å². The fraction of sp³-hybridized carbons (Fsp3) is 0.450. The van der Waals surface area contributed by atoms with E-state index in [0.29, 0.717) is 42.7 Å². The highest BCUT2D eigenvalue weighted by atomic mass is 35.5. The average Bonchev–Trinajstić information content (AvgIpc) is 3.02. The largest absolute Gasteiger partial charge is 0.465 e. The SMILES string of the molecule is CCOC(=O)C(c1ccc(Cl)cc1)N1CCN(C(=O)c2sc(C)nc2C)CC1. The molecule has 1 atom stereocenters. The van der Waals surface area contributed by atoms with Gasteiger partial charge in [0.15, 0.2) is 0 Å². The van der Waals surface area contributed by atoms with Crippen LogP contribution in [0.4, 0.5) is 0 Å². The maximum atomic E-state index is 12.8. The number of hydrogen-bond donors (Lipinski definition) is 0. The van der Waals surface area contributed by atoms with Gasteiger partial charge in [-0.05, 0) is 38.5 Å². The molecular formula is C20H24ClN3O3S. The molecule has 28 heavy (non-hydrogen) atoms. The maximum absolute atomic E-state index is 12.8. The Labute approximate surface area is 174 Å². The summed E-state index contributed by atoms with van der Waals surface area (Å²) in [7, 11) is 0. The van der Waals surface area contributed by atoms with Crippen molar-refractivity contribution < 1.29 is 14.3 Å². The highest BCUT2D eigenvalue weighted by Crippen LogP contribution is 2.26. The predicted molar refractivity (Wildman–Crippen MR) is 110 cm³/mol. The van der Waals surface area contributed by atoms with E-state index in [1.54, 1.807) is 19.1 Å². The third kappa shape index (κ3) is 4.54. The van der Waals surface area contributed by atoms with Crippen LogP contribution in [0, 0.1) is 13.8 Å². The Kier molecular flexibility index (Phi) is 6.69. The Morgan fingerprint density at radius 2 is 1.82 bits per heavy atom. The van der Waals surface area contributed by atoms with Crippen LogP contribution in [0.25, 0.3) is 0 Å². The second-order valence-electron chi connectivity index (χ2n) is 6.68. The van der Waals surface area contributed by atoms with Crippen LogP contribution in [0.5, 0.6) is 0 Å². The predicted octanol–water partition coefficient (Wildman–Crippen LogP) is 3.48. The molecule has 0 saturated carbocycles. The van der Waals surface area contributed by atoms with Crippen LogP contribution in [0.1, 0.15) is 38.9 Å². The molecule has 0 N–H and O–H groups in total. The quantitative estimate of drug-likeness (QED) is 0.691. The molecule has 8 heteroatoms. The van der Waals surface area contributed by atoms with Gasteiger partial charge in [0.1, 0.15) is 10.9 Å². The van der Waals surface area contributed by atoms with Crippen molar-refractivity contribution in [3.05, 3.63) is 50.4 Å². The van der Waals surface area contributed by atoms with Crippen molar-refractivity contribution in [3.63, 3.8) is 0 Å². The number of aromatic nitrogens is 1. The van der Waals surface area contributed by atoms with Gasteiger partial charge in [0.05, 0.1) is 17.3 Å². The van der Waals surface area contributed by atoms with Gasteiger partial charge in [-0.3, -0.25) is 9.69 Å². The van der Waals surface area contributed by atoms with E-state index in [-0.39, 0.29) is 11.9 Å². The third-order valence-corrected chi connectivity index (χ3v) is 6.07. The van der Waals surface area contributed by atoms with Gasteiger partial charge in [0.25, 0.3) is 5.91 Å². The summed E-state index contributed by atoms with van der Waals surface area (Å²) in [6.07, 6.45) is 0. The number of carbonyl (C=O) groups excluding carboxylic acids is 2. The van der Waals surface area contributed by atoms with Gasteiger partial charge in [0.2, 0.25) is 0 Å². The number of nitrogens with zero attached hydrogens (tertiary/aromatic N) is 3. The fourth-order valence-electron chi connectivity index (χ4n) is 3.42. The number of aryl methyl sites for hydroxylation is 2. The summed E-state index contributed by atoms with van der Waals surface area (Å²) in [5.41, 5.74) is 1.62. The molecule has 1 aliphatic heterocycles. The molecule has 0 spiro atoms. The number of hydrogen-bond acceptors (Lipinski definition) is 6. The second kappa shape index (κ2) is 9.03. The molecule has 0 aliphatic carbocycles. The lowest BCUT2D eigenvalue weighted by Crippen LogP contribution is -2.51. The Morgan fingerprint density at radius 3 is 2.36 bits per heavy atom. The topological polar surface area (TPSA) is 62.7 Å². The Hall–Kier alpha value is -1.96. The number of carbonyl (C=O) groups is 2. The fourth-order valence-corrected chi connectivity index (χ4v) is 4.43. The van der Waals surface area contributed by atoms with Crippen molar-refractivity contribution in [2.45, 2.75) is 26.8 Å². The van der Waals surface area contributed by atoms with Crippen LogP contribution < -0.4 is 0 Å². The Morgan fingerprint density at radius 1 is 1.18 bits per heavy atom. The Bertz CT molecular complexity index is 845. The van der Waals surface area contributed by atoms with E-state index in [9.17, 15) is 9.59 Å². The van der Waals surface area contributed by atoms with Crippen LogP contribution in [0.3, 0.4) is 0 Å². The average molecular weight is 422 g/mol. The molecule has 150 valence electrons. The lowest BCUT2D eigenvalue weighted by atomic mass is 10.0. The summed E-state index contributed by atoms with van der Waals surface area (Å²) in [5, 5.41) is 1.52. The van der Waals surface area contributed by atoms with Crippen molar-refractivity contribution in [2.24, 2.45) is 0 Å². The second-order valence-corrected chi connectivity index (χ2v) is 8.32. The van der Waals surface area contributed by atoms with Crippen molar-refractivity contribution in [3.8, 4) is 0 Å². The summed E-state index contributed by atoms with van der Waals surface area (Å²) in [5.74, 6) is -0.263. The number of piperazine rings is 1.